The molecule has 1 saturated carbocycles. The summed E-state index contributed by atoms with van der Waals surface area (Å²) >= 11 is 0. The quantitative estimate of drug-likeness (QED) is 0.615. The fourth-order valence-corrected chi connectivity index (χ4v) is 3.85. The van der Waals surface area contributed by atoms with Crippen molar-refractivity contribution in [1.29, 1.82) is 0 Å². The van der Waals surface area contributed by atoms with Gasteiger partial charge in [-0.15, -0.1) is 0 Å². The molecule has 1 aromatic heterocycles. The van der Waals surface area contributed by atoms with E-state index in [2.05, 4.69) is 43.8 Å². The molecule has 2 bridgehead atoms. The predicted octanol–water partition coefficient (Wildman–Crippen LogP) is 2.60. The van der Waals surface area contributed by atoms with Crippen molar-refractivity contribution in [2.75, 3.05) is 0 Å². The Labute approximate surface area is 85.3 Å². The first-order valence-electron chi connectivity index (χ1n) is 5.51. The fourth-order valence-electron chi connectivity index (χ4n) is 3.85. The van der Waals surface area contributed by atoms with Crippen LogP contribution in [0.2, 0.25) is 0 Å². The Morgan fingerprint density at radius 2 is 2.14 bits per heavy atom. The van der Waals surface area contributed by atoms with Gasteiger partial charge in [0.2, 0.25) is 0 Å². The van der Waals surface area contributed by atoms with E-state index in [1.165, 1.54) is 24.1 Å². The number of aromatic nitrogens is 2. The summed E-state index contributed by atoms with van der Waals surface area (Å²) in [6.07, 6.45) is 4.77. The minimum absolute atomic E-state index is 0.359. The van der Waals surface area contributed by atoms with E-state index in [1.807, 2.05) is 0 Å². The molecule has 1 aromatic rings. The largest absolute Gasteiger partial charge is 0.272 e. The number of fused-ring (bicyclic) bond motifs is 5. The molecule has 1 fully saturated rings. The van der Waals surface area contributed by atoms with E-state index < -0.39 is 0 Å². The van der Waals surface area contributed by atoms with Gasteiger partial charge in [-0.05, 0) is 29.7 Å². The van der Waals surface area contributed by atoms with E-state index >= 15 is 0 Å². The molecule has 0 spiro atoms. The third kappa shape index (κ3) is 0.626. The molecule has 0 aromatic carbocycles. The molecule has 2 aliphatic carbocycles. The van der Waals surface area contributed by atoms with Crippen molar-refractivity contribution < 1.29 is 0 Å². The first-order chi connectivity index (χ1) is 6.48. The molecular weight excluding hydrogens is 172 g/mol. The molecule has 0 aliphatic heterocycles. The number of hydrogen-bond acceptors (Lipinski definition) is 1. The average Bonchev–Trinajstić information content (AvgIpc) is 2.62. The van der Waals surface area contributed by atoms with Gasteiger partial charge in [-0.25, -0.2) is 0 Å². The molecule has 0 saturated heterocycles. The van der Waals surface area contributed by atoms with E-state index in [0.29, 0.717) is 10.8 Å². The first kappa shape index (κ1) is 8.51. The van der Waals surface area contributed by atoms with Gasteiger partial charge < -0.3 is 0 Å². The maximum absolute atomic E-state index is 4.41. The van der Waals surface area contributed by atoms with Crippen molar-refractivity contribution in [2.45, 2.75) is 44.9 Å². The summed E-state index contributed by atoms with van der Waals surface area (Å²) in [7, 11) is 2.08. The standard InChI is InChI=1S/C12H18N2/c1-11(2)9-5-6-12(11,3)10-8(9)7-13-14(10)4/h7,9H,5-6H2,1-4H3/t9-,12-/m0/s1. The molecule has 2 heteroatoms. The lowest BCUT2D eigenvalue weighted by molar-refractivity contribution is 0.220. The van der Waals surface area contributed by atoms with Crippen LogP contribution in [0.4, 0.5) is 0 Å². The summed E-state index contributed by atoms with van der Waals surface area (Å²) in [4.78, 5) is 0. The molecule has 3 rings (SSSR count). The van der Waals surface area contributed by atoms with Crippen LogP contribution in [0.15, 0.2) is 6.20 Å². The van der Waals surface area contributed by atoms with Crippen molar-refractivity contribution in [3.05, 3.63) is 17.5 Å². The van der Waals surface area contributed by atoms with E-state index in [0.717, 1.165) is 5.92 Å². The van der Waals surface area contributed by atoms with Crippen LogP contribution in [-0.4, -0.2) is 9.78 Å². The van der Waals surface area contributed by atoms with Gasteiger partial charge in [-0.3, -0.25) is 4.68 Å². The van der Waals surface area contributed by atoms with Gasteiger partial charge in [0.25, 0.3) is 0 Å². The van der Waals surface area contributed by atoms with Crippen LogP contribution < -0.4 is 0 Å². The lowest BCUT2D eigenvalue weighted by Gasteiger charge is -2.35. The smallest absolute Gasteiger partial charge is 0.0527 e. The third-order valence-electron chi connectivity index (χ3n) is 5.09. The highest BCUT2D eigenvalue weighted by Crippen LogP contribution is 2.67. The lowest BCUT2D eigenvalue weighted by Crippen LogP contribution is -2.33. The molecular formula is C12H18N2. The number of aryl methyl sites for hydroxylation is 1. The Kier molecular flexibility index (Phi) is 1.26. The maximum Gasteiger partial charge on any atom is 0.0527 e. The zero-order chi connectivity index (χ0) is 10.1. The summed E-state index contributed by atoms with van der Waals surface area (Å²) in [5.41, 5.74) is 3.81. The van der Waals surface area contributed by atoms with Crippen molar-refractivity contribution in [3.8, 4) is 0 Å². The van der Waals surface area contributed by atoms with Crippen molar-refractivity contribution >= 4 is 0 Å². The summed E-state index contributed by atoms with van der Waals surface area (Å²) in [5.74, 6) is 0.746. The topological polar surface area (TPSA) is 17.8 Å². The van der Waals surface area contributed by atoms with Crippen molar-refractivity contribution in [2.24, 2.45) is 12.5 Å². The molecule has 0 unspecified atom stereocenters. The van der Waals surface area contributed by atoms with Crippen LogP contribution in [0.1, 0.15) is 50.8 Å². The van der Waals surface area contributed by atoms with Crippen LogP contribution >= 0.6 is 0 Å². The van der Waals surface area contributed by atoms with Gasteiger partial charge in [0.1, 0.15) is 0 Å². The zero-order valence-corrected chi connectivity index (χ0v) is 9.46. The van der Waals surface area contributed by atoms with Crippen LogP contribution in [0.3, 0.4) is 0 Å². The predicted molar refractivity (Wildman–Crippen MR) is 56.3 cm³/mol. The van der Waals surface area contributed by atoms with Gasteiger partial charge in [-0.2, -0.15) is 5.10 Å². The van der Waals surface area contributed by atoms with Crippen molar-refractivity contribution in [1.82, 2.24) is 9.78 Å². The van der Waals surface area contributed by atoms with Gasteiger partial charge in [-0.1, -0.05) is 20.8 Å². The Morgan fingerprint density at radius 3 is 2.79 bits per heavy atom. The Bertz CT molecular complexity index is 402. The fraction of sp³-hybridized carbons (Fsp3) is 0.750. The highest BCUT2D eigenvalue weighted by Gasteiger charge is 2.61. The Balaban J connectivity index is 2.32. The SMILES string of the molecule is Cn1ncc2c1[C@]1(C)CC[C@@H]2C1(C)C. The zero-order valence-electron chi connectivity index (χ0n) is 9.46. The van der Waals surface area contributed by atoms with E-state index in [1.54, 1.807) is 0 Å². The molecule has 14 heavy (non-hydrogen) atoms. The molecule has 2 atom stereocenters. The number of hydrogen-bond donors (Lipinski definition) is 0. The summed E-state index contributed by atoms with van der Waals surface area (Å²) in [6, 6.07) is 0. The average molecular weight is 190 g/mol. The normalized spacial score (nSPS) is 37.6. The molecule has 0 amide bonds. The van der Waals surface area contributed by atoms with E-state index in [4.69, 9.17) is 0 Å². The highest BCUT2D eigenvalue weighted by atomic mass is 15.3. The van der Waals surface area contributed by atoms with Gasteiger partial charge in [0, 0.05) is 18.2 Å². The van der Waals surface area contributed by atoms with Crippen molar-refractivity contribution in [3.63, 3.8) is 0 Å². The van der Waals surface area contributed by atoms with Gasteiger partial charge >= 0.3 is 0 Å². The molecule has 0 radical (unpaired) electrons. The molecule has 2 nitrogen and oxygen atoms in total. The van der Waals surface area contributed by atoms with E-state index in [-0.39, 0.29) is 0 Å². The Hall–Kier alpha value is -0.790. The van der Waals surface area contributed by atoms with Crippen LogP contribution in [0, 0.1) is 5.41 Å². The summed E-state index contributed by atoms with van der Waals surface area (Å²) < 4.78 is 2.09. The second kappa shape index (κ2) is 2.07. The molecule has 1 heterocycles. The monoisotopic (exact) mass is 190 g/mol. The number of rotatable bonds is 0. The van der Waals surface area contributed by atoms with Crippen LogP contribution in [0.5, 0.6) is 0 Å². The summed E-state index contributed by atoms with van der Waals surface area (Å²) in [6.45, 7) is 7.26. The molecule has 2 aliphatic rings. The number of nitrogens with zero attached hydrogens (tertiary/aromatic N) is 2. The second-order valence-corrected chi connectivity index (χ2v) is 5.72. The third-order valence-corrected chi connectivity index (χ3v) is 5.09. The van der Waals surface area contributed by atoms with Gasteiger partial charge in [0.15, 0.2) is 0 Å². The second-order valence-electron chi connectivity index (χ2n) is 5.72. The maximum atomic E-state index is 4.41. The van der Waals surface area contributed by atoms with E-state index in [9.17, 15) is 0 Å². The minimum atomic E-state index is 0.359. The molecule has 0 N–H and O–H groups in total. The minimum Gasteiger partial charge on any atom is -0.272 e. The highest BCUT2D eigenvalue weighted by molar-refractivity contribution is 5.44. The Morgan fingerprint density at radius 1 is 1.43 bits per heavy atom. The first-order valence-corrected chi connectivity index (χ1v) is 5.51. The lowest BCUT2D eigenvalue weighted by atomic mass is 9.70. The van der Waals surface area contributed by atoms with Gasteiger partial charge in [0.05, 0.1) is 6.20 Å². The van der Waals surface area contributed by atoms with Crippen LogP contribution in [0.25, 0.3) is 0 Å². The van der Waals surface area contributed by atoms with Crippen LogP contribution in [-0.2, 0) is 12.5 Å². The summed E-state index contributed by atoms with van der Waals surface area (Å²) in [5, 5.41) is 4.41. The molecule has 76 valence electrons.